The molecule has 0 saturated heterocycles. The zero-order valence-corrected chi connectivity index (χ0v) is 17.3. The molecule has 9 heteroatoms. The molecule has 0 spiro atoms. The first-order valence-corrected chi connectivity index (χ1v) is 9.81. The maximum absolute atomic E-state index is 14.0. The van der Waals surface area contributed by atoms with Crippen LogP contribution in [0.25, 0.3) is 20.4 Å². The molecule has 148 valence electrons. The molecule has 4 rings (SSSR count). The van der Waals surface area contributed by atoms with Crippen LogP contribution in [0.3, 0.4) is 0 Å². The highest BCUT2D eigenvalue weighted by Gasteiger charge is 2.18. The van der Waals surface area contributed by atoms with Crippen molar-refractivity contribution in [1.29, 1.82) is 0 Å². The number of amides is 1. The van der Waals surface area contributed by atoms with E-state index in [9.17, 15) is 9.18 Å². The van der Waals surface area contributed by atoms with Crippen LogP contribution in [0.4, 0.5) is 10.2 Å². The van der Waals surface area contributed by atoms with Crippen LogP contribution >= 0.6 is 11.3 Å². The smallest absolute Gasteiger partial charge is 0.254 e. The largest absolute Gasteiger partial charge is 0.355 e. The van der Waals surface area contributed by atoms with Gasteiger partial charge in [-0.3, -0.25) is 4.79 Å². The first-order chi connectivity index (χ1) is 13.9. The van der Waals surface area contributed by atoms with Crippen LogP contribution in [0, 0.1) is 19.7 Å². The molecule has 3 heterocycles. The normalized spacial score (nSPS) is 11.2. The van der Waals surface area contributed by atoms with Gasteiger partial charge in [-0.2, -0.15) is 5.10 Å². The Hall–Kier alpha value is -3.20. The predicted molar refractivity (Wildman–Crippen MR) is 112 cm³/mol. The molecule has 7 nitrogen and oxygen atoms in total. The van der Waals surface area contributed by atoms with E-state index in [-0.39, 0.29) is 5.56 Å². The highest BCUT2D eigenvalue weighted by molar-refractivity contribution is 7.26. The van der Waals surface area contributed by atoms with Crippen LogP contribution in [0.2, 0.25) is 0 Å². The first-order valence-electron chi connectivity index (χ1n) is 8.99. The maximum Gasteiger partial charge on any atom is 0.254 e. The van der Waals surface area contributed by atoms with Gasteiger partial charge in [0, 0.05) is 26.0 Å². The molecule has 0 radical (unpaired) electrons. The van der Waals surface area contributed by atoms with Gasteiger partial charge >= 0.3 is 0 Å². The number of rotatable bonds is 4. The minimum atomic E-state index is -0.547. The zero-order valence-electron chi connectivity index (χ0n) is 16.4. The molecule has 1 N–H and O–H groups in total. The standard InChI is InChI=1S/C20H19FN6OS/c1-10-11(2)25-26-20-15(10)16-17(29-20)18(24-9-23-16)27(4)8-12-5-6-14(21)13(7-12)19(28)22-3/h5-7,9H,8H2,1-4H3,(H,22,28). The van der Waals surface area contributed by atoms with E-state index in [4.69, 9.17) is 0 Å². The average Bonchev–Trinajstić information content (AvgIpc) is 3.10. The first kappa shape index (κ1) is 19.1. The van der Waals surface area contributed by atoms with Gasteiger partial charge in [0.2, 0.25) is 0 Å². The van der Waals surface area contributed by atoms with E-state index in [1.165, 1.54) is 30.8 Å². The molecule has 29 heavy (non-hydrogen) atoms. The van der Waals surface area contributed by atoms with Crippen molar-refractivity contribution in [3.8, 4) is 0 Å². The summed E-state index contributed by atoms with van der Waals surface area (Å²) in [5.74, 6) is -0.250. The molecule has 3 aromatic heterocycles. The van der Waals surface area contributed by atoms with E-state index >= 15 is 0 Å². The number of aryl methyl sites for hydroxylation is 2. The van der Waals surface area contributed by atoms with E-state index in [0.717, 1.165) is 43.1 Å². The highest BCUT2D eigenvalue weighted by atomic mass is 32.1. The fraction of sp³-hybridized carbons (Fsp3) is 0.250. The number of nitrogens with one attached hydrogen (secondary N) is 1. The third-order valence-electron chi connectivity index (χ3n) is 4.93. The fourth-order valence-electron chi connectivity index (χ4n) is 3.27. The predicted octanol–water partition coefficient (Wildman–Crippen LogP) is 3.39. The molecule has 0 atom stereocenters. The van der Waals surface area contributed by atoms with Crippen molar-refractivity contribution in [2.24, 2.45) is 0 Å². The molecule has 1 aromatic carbocycles. The summed E-state index contributed by atoms with van der Waals surface area (Å²) in [6.45, 7) is 4.40. The molecule has 4 aromatic rings. The topological polar surface area (TPSA) is 83.9 Å². The molecule has 0 bridgehead atoms. The zero-order chi connectivity index (χ0) is 20.7. The van der Waals surface area contributed by atoms with Crippen molar-refractivity contribution in [2.75, 3.05) is 19.0 Å². The molecule has 0 unspecified atom stereocenters. The molecule has 0 saturated carbocycles. The second-order valence-corrected chi connectivity index (χ2v) is 7.82. The minimum Gasteiger partial charge on any atom is -0.355 e. The van der Waals surface area contributed by atoms with Crippen LogP contribution in [0.1, 0.15) is 27.2 Å². The third-order valence-corrected chi connectivity index (χ3v) is 5.99. The summed E-state index contributed by atoms with van der Waals surface area (Å²) in [5, 5.41) is 12.0. The van der Waals surface area contributed by atoms with Crippen LogP contribution in [-0.2, 0) is 6.54 Å². The van der Waals surface area contributed by atoms with Gasteiger partial charge in [0.25, 0.3) is 5.91 Å². The second kappa shape index (κ2) is 7.32. The van der Waals surface area contributed by atoms with Crippen molar-refractivity contribution in [3.05, 3.63) is 52.7 Å². The number of fused-ring (bicyclic) bond motifs is 3. The van der Waals surface area contributed by atoms with E-state index in [0.29, 0.717) is 6.54 Å². The number of hydrogen-bond donors (Lipinski definition) is 1. The lowest BCUT2D eigenvalue weighted by Crippen LogP contribution is -2.21. The van der Waals surface area contributed by atoms with Gasteiger partial charge in [-0.1, -0.05) is 6.07 Å². The van der Waals surface area contributed by atoms with Gasteiger partial charge in [-0.05, 0) is 37.1 Å². The van der Waals surface area contributed by atoms with Crippen molar-refractivity contribution in [3.63, 3.8) is 0 Å². The van der Waals surface area contributed by atoms with Crippen LogP contribution in [0.5, 0.6) is 0 Å². The lowest BCUT2D eigenvalue weighted by Gasteiger charge is -2.19. The van der Waals surface area contributed by atoms with Crippen molar-refractivity contribution >= 4 is 43.5 Å². The maximum atomic E-state index is 14.0. The Morgan fingerprint density at radius 3 is 2.79 bits per heavy atom. The average molecular weight is 410 g/mol. The van der Waals surface area contributed by atoms with E-state index in [1.54, 1.807) is 12.1 Å². The summed E-state index contributed by atoms with van der Waals surface area (Å²) >= 11 is 1.50. The molecular weight excluding hydrogens is 391 g/mol. The molecule has 0 fully saturated rings. The fourth-order valence-corrected chi connectivity index (χ4v) is 4.45. The van der Waals surface area contributed by atoms with Gasteiger partial charge in [0.15, 0.2) is 0 Å². The number of halogens is 1. The number of carbonyl (C=O) groups excluding carboxylic acids is 1. The number of aromatic nitrogens is 4. The Kier molecular flexibility index (Phi) is 4.83. The lowest BCUT2D eigenvalue weighted by molar-refractivity contribution is 0.0959. The highest BCUT2D eigenvalue weighted by Crippen LogP contribution is 2.37. The summed E-state index contributed by atoms with van der Waals surface area (Å²) in [5.41, 5.74) is 3.60. The number of hydrogen-bond acceptors (Lipinski definition) is 7. The molecule has 0 aliphatic heterocycles. The summed E-state index contributed by atoms with van der Waals surface area (Å²) in [6, 6.07) is 4.54. The van der Waals surface area contributed by atoms with Crippen LogP contribution in [0.15, 0.2) is 24.5 Å². The number of benzene rings is 1. The second-order valence-electron chi connectivity index (χ2n) is 6.82. The minimum absolute atomic E-state index is 0.0227. The van der Waals surface area contributed by atoms with Gasteiger partial charge in [-0.15, -0.1) is 16.4 Å². The van der Waals surface area contributed by atoms with Gasteiger partial charge in [-0.25, -0.2) is 14.4 Å². The summed E-state index contributed by atoms with van der Waals surface area (Å²) < 4.78 is 14.9. The van der Waals surface area contributed by atoms with Crippen LogP contribution < -0.4 is 10.2 Å². The number of thiophene rings is 1. The van der Waals surface area contributed by atoms with E-state index < -0.39 is 11.7 Å². The van der Waals surface area contributed by atoms with Gasteiger partial charge in [0.1, 0.15) is 22.8 Å². The van der Waals surface area contributed by atoms with Gasteiger partial charge < -0.3 is 10.2 Å². The lowest BCUT2D eigenvalue weighted by atomic mass is 10.1. The summed E-state index contributed by atoms with van der Waals surface area (Å²) in [4.78, 5) is 23.6. The number of nitrogens with zero attached hydrogens (tertiary/aromatic N) is 5. The van der Waals surface area contributed by atoms with Gasteiger partial charge in [0.05, 0.1) is 21.5 Å². The summed E-state index contributed by atoms with van der Waals surface area (Å²) in [7, 11) is 3.38. The molecule has 0 aliphatic rings. The van der Waals surface area contributed by atoms with E-state index in [1.807, 2.05) is 25.8 Å². The van der Waals surface area contributed by atoms with E-state index in [2.05, 4.69) is 25.5 Å². The van der Waals surface area contributed by atoms with Crippen molar-refractivity contribution < 1.29 is 9.18 Å². The Morgan fingerprint density at radius 2 is 2.03 bits per heavy atom. The summed E-state index contributed by atoms with van der Waals surface area (Å²) in [6.07, 6.45) is 1.54. The molecule has 0 aliphatic carbocycles. The molecular formula is C20H19FN6OS. The quantitative estimate of drug-likeness (QED) is 0.555. The Morgan fingerprint density at radius 1 is 1.24 bits per heavy atom. The van der Waals surface area contributed by atoms with Crippen LogP contribution in [-0.4, -0.2) is 40.2 Å². The Bertz CT molecular complexity index is 1250. The molecule has 1 amide bonds. The Balaban J connectivity index is 1.76. The third kappa shape index (κ3) is 3.27. The van der Waals surface area contributed by atoms with Crippen molar-refractivity contribution in [1.82, 2.24) is 25.5 Å². The SMILES string of the molecule is CNC(=O)c1cc(CN(C)c2ncnc3c2sc2nnc(C)c(C)c23)ccc1F. The monoisotopic (exact) mass is 410 g/mol. The van der Waals surface area contributed by atoms with Crippen molar-refractivity contribution in [2.45, 2.75) is 20.4 Å². The Labute approximate surface area is 170 Å². The number of anilines is 1. The number of carbonyl (C=O) groups is 1.